The van der Waals surface area contributed by atoms with Crippen molar-refractivity contribution in [2.24, 2.45) is 7.05 Å². The Labute approximate surface area is 112 Å². The van der Waals surface area contributed by atoms with E-state index in [9.17, 15) is 0 Å². The molecule has 3 rings (SSSR count). The molecule has 1 atom stereocenters. The first kappa shape index (κ1) is 12.0. The lowest BCUT2D eigenvalue weighted by Gasteiger charge is -2.23. The SMILES string of the molecule is COc1ccnc(N2CCC[C@H]2c2cnn(C)c2)n1. The third-order valence-electron chi connectivity index (χ3n) is 3.45. The van der Waals surface area contributed by atoms with Crippen molar-refractivity contribution >= 4 is 5.95 Å². The minimum atomic E-state index is 0.306. The molecule has 0 N–H and O–H groups in total. The van der Waals surface area contributed by atoms with Gasteiger partial charge in [0.2, 0.25) is 11.8 Å². The van der Waals surface area contributed by atoms with Crippen LogP contribution in [0.15, 0.2) is 24.7 Å². The molecule has 3 heterocycles. The fraction of sp³-hybridized carbons (Fsp3) is 0.462. The van der Waals surface area contributed by atoms with Crippen LogP contribution in [0.25, 0.3) is 0 Å². The summed E-state index contributed by atoms with van der Waals surface area (Å²) in [6, 6.07) is 2.07. The Bertz CT molecular complexity index is 568. The topological polar surface area (TPSA) is 56.1 Å². The van der Waals surface area contributed by atoms with E-state index in [0.29, 0.717) is 11.9 Å². The number of methoxy groups -OCH3 is 1. The zero-order valence-corrected chi connectivity index (χ0v) is 11.2. The number of nitrogens with zero attached hydrogens (tertiary/aromatic N) is 5. The summed E-state index contributed by atoms with van der Waals surface area (Å²) in [5.41, 5.74) is 1.21. The highest BCUT2D eigenvalue weighted by atomic mass is 16.5. The van der Waals surface area contributed by atoms with Gasteiger partial charge in [-0.05, 0) is 12.8 Å². The molecule has 2 aromatic heterocycles. The van der Waals surface area contributed by atoms with E-state index in [1.165, 1.54) is 5.56 Å². The second-order valence-corrected chi connectivity index (χ2v) is 4.70. The van der Waals surface area contributed by atoms with E-state index < -0.39 is 0 Å². The van der Waals surface area contributed by atoms with Gasteiger partial charge in [0.1, 0.15) is 0 Å². The highest BCUT2D eigenvalue weighted by molar-refractivity contribution is 5.38. The van der Waals surface area contributed by atoms with Crippen molar-refractivity contribution in [2.45, 2.75) is 18.9 Å². The lowest BCUT2D eigenvalue weighted by molar-refractivity contribution is 0.396. The van der Waals surface area contributed by atoms with Gasteiger partial charge in [-0.15, -0.1) is 0 Å². The minimum absolute atomic E-state index is 0.306. The molecule has 1 fully saturated rings. The number of ether oxygens (including phenoxy) is 1. The van der Waals surface area contributed by atoms with Gasteiger partial charge in [-0.2, -0.15) is 10.1 Å². The van der Waals surface area contributed by atoms with E-state index in [0.717, 1.165) is 25.3 Å². The molecule has 19 heavy (non-hydrogen) atoms. The number of aromatic nitrogens is 4. The predicted octanol–water partition coefficient (Wildman–Crippen LogP) is 1.56. The molecule has 0 aromatic carbocycles. The average molecular weight is 259 g/mol. The fourth-order valence-electron chi connectivity index (χ4n) is 2.55. The molecule has 6 heteroatoms. The maximum absolute atomic E-state index is 5.17. The first-order valence-electron chi connectivity index (χ1n) is 6.40. The van der Waals surface area contributed by atoms with Crippen LogP contribution < -0.4 is 9.64 Å². The zero-order valence-electron chi connectivity index (χ0n) is 11.2. The van der Waals surface area contributed by atoms with Gasteiger partial charge >= 0.3 is 0 Å². The standard InChI is InChI=1S/C13H17N5O/c1-17-9-10(8-15-17)11-4-3-7-18(11)13-14-6-5-12(16-13)19-2/h5-6,8-9,11H,3-4,7H2,1-2H3/t11-/m0/s1. The van der Waals surface area contributed by atoms with Crippen molar-refractivity contribution in [3.63, 3.8) is 0 Å². The molecule has 0 aliphatic carbocycles. The molecule has 1 aliphatic heterocycles. The molecule has 1 saturated heterocycles. The Morgan fingerprint density at radius 1 is 1.42 bits per heavy atom. The van der Waals surface area contributed by atoms with Gasteiger partial charge < -0.3 is 9.64 Å². The number of hydrogen-bond donors (Lipinski definition) is 0. The van der Waals surface area contributed by atoms with Crippen molar-refractivity contribution in [3.05, 3.63) is 30.2 Å². The van der Waals surface area contributed by atoms with E-state index in [2.05, 4.69) is 26.2 Å². The van der Waals surface area contributed by atoms with E-state index in [1.54, 1.807) is 19.4 Å². The van der Waals surface area contributed by atoms with Gasteiger partial charge in [0.05, 0.1) is 19.3 Å². The normalized spacial score (nSPS) is 18.8. The fourth-order valence-corrected chi connectivity index (χ4v) is 2.55. The van der Waals surface area contributed by atoms with Gasteiger partial charge in [-0.1, -0.05) is 0 Å². The molecule has 0 spiro atoms. The highest BCUT2D eigenvalue weighted by Gasteiger charge is 2.29. The van der Waals surface area contributed by atoms with Crippen LogP contribution in [0.3, 0.4) is 0 Å². The lowest BCUT2D eigenvalue weighted by Crippen LogP contribution is -2.24. The zero-order chi connectivity index (χ0) is 13.2. The van der Waals surface area contributed by atoms with Gasteiger partial charge in [0, 0.05) is 37.6 Å². The monoisotopic (exact) mass is 259 g/mol. The maximum Gasteiger partial charge on any atom is 0.229 e. The Kier molecular flexibility index (Phi) is 3.06. The Balaban J connectivity index is 1.90. The second kappa shape index (κ2) is 4.87. The predicted molar refractivity (Wildman–Crippen MR) is 71.1 cm³/mol. The molecule has 0 unspecified atom stereocenters. The van der Waals surface area contributed by atoms with Gasteiger partial charge in [0.25, 0.3) is 0 Å². The molecule has 0 amide bonds. The summed E-state index contributed by atoms with van der Waals surface area (Å²) >= 11 is 0. The quantitative estimate of drug-likeness (QED) is 0.837. The molecule has 2 aromatic rings. The summed E-state index contributed by atoms with van der Waals surface area (Å²) in [5, 5.41) is 4.25. The summed E-state index contributed by atoms with van der Waals surface area (Å²) in [5.74, 6) is 1.33. The van der Waals surface area contributed by atoms with Crippen molar-refractivity contribution in [2.75, 3.05) is 18.6 Å². The summed E-state index contributed by atoms with van der Waals surface area (Å²) in [6.45, 7) is 0.965. The van der Waals surface area contributed by atoms with E-state index in [-0.39, 0.29) is 0 Å². The highest BCUT2D eigenvalue weighted by Crippen LogP contribution is 2.34. The van der Waals surface area contributed by atoms with E-state index in [1.807, 2.05) is 17.9 Å². The summed E-state index contributed by atoms with van der Waals surface area (Å²) in [7, 11) is 3.56. The molecule has 1 aliphatic rings. The smallest absolute Gasteiger partial charge is 0.229 e. The molecule has 0 radical (unpaired) electrons. The van der Waals surface area contributed by atoms with Gasteiger partial charge in [-0.3, -0.25) is 4.68 Å². The largest absolute Gasteiger partial charge is 0.481 e. The van der Waals surface area contributed by atoms with Crippen LogP contribution in [0.5, 0.6) is 5.88 Å². The van der Waals surface area contributed by atoms with E-state index >= 15 is 0 Å². The second-order valence-electron chi connectivity index (χ2n) is 4.70. The molecule has 100 valence electrons. The maximum atomic E-state index is 5.17. The van der Waals surface area contributed by atoms with Crippen molar-refractivity contribution in [1.29, 1.82) is 0 Å². The van der Waals surface area contributed by atoms with Crippen LogP contribution in [0, 0.1) is 0 Å². The molecule has 6 nitrogen and oxygen atoms in total. The van der Waals surface area contributed by atoms with Crippen LogP contribution in [0.4, 0.5) is 5.95 Å². The molecule has 0 saturated carbocycles. The summed E-state index contributed by atoms with van der Waals surface area (Å²) in [6.07, 6.45) is 7.96. The average Bonchev–Trinajstić information content (AvgIpc) is 3.07. The third kappa shape index (κ3) is 2.25. The molecular formula is C13H17N5O. The van der Waals surface area contributed by atoms with Crippen molar-refractivity contribution in [1.82, 2.24) is 19.7 Å². The summed E-state index contributed by atoms with van der Waals surface area (Å²) < 4.78 is 7.00. The van der Waals surface area contributed by atoms with Crippen LogP contribution in [-0.4, -0.2) is 33.4 Å². The van der Waals surface area contributed by atoms with Gasteiger partial charge in [0.15, 0.2) is 0 Å². The number of hydrogen-bond acceptors (Lipinski definition) is 5. The first-order valence-corrected chi connectivity index (χ1v) is 6.40. The minimum Gasteiger partial charge on any atom is -0.481 e. The Morgan fingerprint density at radius 3 is 3.05 bits per heavy atom. The van der Waals surface area contributed by atoms with Gasteiger partial charge in [-0.25, -0.2) is 4.98 Å². The van der Waals surface area contributed by atoms with Crippen molar-refractivity contribution in [3.8, 4) is 5.88 Å². The molecular weight excluding hydrogens is 242 g/mol. The van der Waals surface area contributed by atoms with Crippen LogP contribution >= 0.6 is 0 Å². The Morgan fingerprint density at radius 2 is 2.32 bits per heavy atom. The number of aryl methyl sites for hydroxylation is 1. The Hall–Kier alpha value is -2.11. The summed E-state index contributed by atoms with van der Waals surface area (Å²) in [4.78, 5) is 11.0. The van der Waals surface area contributed by atoms with Crippen LogP contribution in [0.1, 0.15) is 24.4 Å². The first-order chi connectivity index (χ1) is 9.28. The van der Waals surface area contributed by atoms with Crippen LogP contribution in [-0.2, 0) is 7.05 Å². The third-order valence-corrected chi connectivity index (χ3v) is 3.45. The number of rotatable bonds is 3. The van der Waals surface area contributed by atoms with Crippen LogP contribution in [0.2, 0.25) is 0 Å². The lowest BCUT2D eigenvalue weighted by atomic mass is 10.1. The van der Waals surface area contributed by atoms with Crippen molar-refractivity contribution < 1.29 is 4.74 Å². The van der Waals surface area contributed by atoms with E-state index in [4.69, 9.17) is 4.74 Å². The molecule has 0 bridgehead atoms. The number of anilines is 1.